The minimum Gasteiger partial charge on any atom is -0.497 e. The Bertz CT molecular complexity index is 1150. The zero-order chi connectivity index (χ0) is 24.4. The van der Waals surface area contributed by atoms with Gasteiger partial charge in [-0.25, -0.2) is 8.42 Å². The second kappa shape index (κ2) is 12.5. The van der Waals surface area contributed by atoms with Crippen LogP contribution in [0.5, 0.6) is 5.75 Å². The molecule has 0 saturated heterocycles. The maximum absolute atomic E-state index is 13.3. The first kappa shape index (κ1) is 25.6. The van der Waals surface area contributed by atoms with Gasteiger partial charge in [0.15, 0.2) is 0 Å². The molecule has 0 spiro atoms. The molecule has 6 nitrogen and oxygen atoms in total. The van der Waals surface area contributed by atoms with Crippen LogP contribution in [0.3, 0.4) is 0 Å². The molecule has 0 aromatic heterocycles. The lowest BCUT2D eigenvalue weighted by molar-refractivity contribution is -0.119. The van der Waals surface area contributed by atoms with Crippen LogP contribution in [0.15, 0.2) is 83.8 Å². The highest BCUT2D eigenvalue weighted by molar-refractivity contribution is 7.98. The molecule has 1 N–H and O–H groups in total. The van der Waals surface area contributed by atoms with Gasteiger partial charge in [0, 0.05) is 12.3 Å². The summed E-state index contributed by atoms with van der Waals surface area (Å²) in [5.41, 5.74) is 2.92. The van der Waals surface area contributed by atoms with Crippen LogP contribution in [0, 0.1) is 6.92 Å². The van der Waals surface area contributed by atoms with Gasteiger partial charge >= 0.3 is 0 Å². The van der Waals surface area contributed by atoms with Crippen LogP contribution in [0.25, 0.3) is 0 Å². The number of amides is 1. The Kier molecular flexibility index (Phi) is 9.42. The maximum atomic E-state index is 13.3. The van der Waals surface area contributed by atoms with Gasteiger partial charge in [-0.05, 0) is 61.1 Å². The zero-order valence-electron chi connectivity index (χ0n) is 19.4. The minimum absolute atomic E-state index is 0.131. The lowest BCUT2D eigenvalue weighted by Crippen LogP contribution is -2.41. The van der Waals surface area contributed by atoms with E-state index in [1.54, 1.807) is 49.6 Å². The molecule has 0 unspecified atom stereocenters. The van der Waals surface area contributed by atoms with E-state index in [4.69, 9.17) is 4.74 Å². The largest absolute Gasteiger partial charge is 0.497 e. The lowest BCUT2D eigenvalue weighted by Gasteiger charge is -2.24. The second-order valence-electron chi connectivity index (χ2n) is 7.76. The number of thioether (sulfide) groups is 1. The molecule has 0 aliphatic heterocycles. The van der Waals surface area contributed by atoms with Crippen molar-refractivity contribution in [1.82, 2.24) is 5.32 Å². The number of hydrogen-bond acceptors (Lipinski definition) is 5. The molecule has 3 aromatic carbocycles. The highest BCUT2D eigenvalue weighted by Gasteiger charge is 2.27. The van der Waals surface area contributed by atoms with Crippen molar-refractivity contribution >= 4 is 33.4 Å². The summed E-state index contributed by atoms with van der Waals surface area (Å²) in [6.07, 6.45) is 0.802. The molecule has 0 bridgehead atoms. The van der Waals surface area contributed by atoms with Crippen LogP contribution in [0.1, 0.15) is 17.5 Å². The van der Waals surface area contributed by atoms with Crippen molar-refractivity contribution in [1.29, 1.82) is 0 Å². The van der Waals surface area contributed by atoms with Gasteiger partial charge in [-0.3, -0.25) is 9.10 Å². The van der Waals surface area contributed by atoms with Gasteiger partial charge in [-0.1, -0.05) is 48.0 Å². The van der Waals surface area contributed by atoms with Crippen LogP contribution in [-0.4, -0.2) is 40.3 Å². The molecule has 8 heteroatoms. The van der Waals surface area contributed by atoms with E-state index >= 15 is 0 Å². The normalized spacial score (nSPS) is 11.1. The Hall–Kier alpha value is -2.97. The number of anilines is 1. The van der Waals surface area contributed by atoms with Crippen LogP contribution in [0.4, 0.5) is 5.69 Å². The van der Waals surface area contributed by atoms with Crippen molar-refractivity contribution in [3.63, 3.8) is 0 Å². The van der Waals surface area contributed by atoms with Gasteiger partial charge in [0.05, 0.1) is 17.7 Å². The first-order chi connectivity index (χ1) is 16.4. The van der Waals surface area contributed by atoms with Gasteiger partial charge in [-0.15, -0.1) is 0 Å². The summed E-state index contributed by atoms with van der Waals surface area (Å²) in [5.74, 6) is 2.08. The number of methoxy groups -OCH3 is 1. The Morgan fingerprint density at radius 3 is 2.29 bits per heavy atom. The van der Waals surface area contributed by atoms with Crippen molar-refractivity contribution in [3.05, 3.63) is 90.0 Å². The first-order valence-electron chi connectivity index (χ1n) is 11.0. The molecule has 0 aliphatic rings. The third kappa shape index (κ3) is 7.27. The number of carbonyl (C=O) groups is 1. The van der Waals surface area contributed by atoms with Crippen molar-refractivity contribution in [2.75, 3.05) is 30.3 Å². The first-order valence-corrected chi connectivity index (χ1v) is 13.6. The quantitative estimate of drug-likeness (QED) is 0.368. The molecular formula is C26H30N2O4S2. The number of carbonyl (C=O) groups excluding carboxylic acids is 1. The third-order valence-corrected chi connectivity index (χ3v) is 8.06. The Balaban J connectivity index is 1.57. The summed E-state index contributed by atoms with van der Waals surface area (Å²) in [5, 5.41) is 2.85. The molecule has 0 radical (unpaired) electrons. The SMILES string of the molecule is COc1ccc(N(CC(=O)NCCCSCc2ccc(C)cc2)S(=O)(=O)c2ccccc2)cc1. The van der Waals surface area contributed by atoms with Crippen molar-refractivity contribution in [2.45, 2.75) is 24.0 Å². The van der Waals surface area contributed by atoms with E-state index in [2.05, 4.69) is 36.5 Å². The van der Waals surface area contributed by atoms with E-state index in [0.717, 1.165) is 22.2 Å². The van der Waals surface area contributed by atoms with Crippen molar-refractivity contribution in [2.24, 2.45) is 0 Å². The molecule has 0 aliphatic carbocycles. The standard InChI is InChI=1S/C26H30N2O4S2/c1-21-9-11-22(12-10-21)20-33-18-6-17-27-26(29)19-28(23-13-15-24(32-2)16-14-23)34(30,31)25-7-4-3-5-8-25/h3-5,7-16H,6,17-20H2,1-2H3,(H,27,29). The van der Waals surface area contributed by atoms with Gasteiger partial charge in [0.1, 0.15) is 12.3 Å². The number of rotatable bonds is 12. The van der Waals surface area contributed by atoms with Gasteiger partial charge in [0.2, 0.25) is 5.91 Å². The Labute approximate surface area is 206 Å². The Morgan fingerprint density at radius 1 is 0.971 bits per heavy atom. The van der Waals surface area contributed by atoms with Crippen LogP contribution < -0.4 is 14.4 Å². The number of hydrogen-bond donors (Lipinski definition) is 1. The van der Waals surface area contributed by atoms with E-state index in [1.807, 2.05) is 11.8 Å². The molecule has 3 rings (SSSR count). The van der Waals surface area contributed by atoms with E-state index in [-0.39, 0.29) is 17.3 Å². The molecule has 1 amide bonds. The predicted octanol–water partition coefficient (Wildman–Crippen LogP) is 4.64. The summed E-state index contributed by atoms with van der Waals surface area (Å²) in [6.45, 7) is 2.25. The van der Waals surface area contributed by atoms with Crippen LogP contribution >= 0.6 is 11.8 Å². The van der Waals surface area contributed by atoms with E-state index in [1.165, 1.54) is 23.3 Å². The van der Waals surface area contributed by atoms with Gasteiger partial charge < -0.3 is 10.1 Å². The second-order valence-corrected chi connectivity index (χ2v) is 10.7. The molecule has 0 atom stereocenters. The monoisotopic (exact) mass is 498 g/mol. The molecule has 180 valence electrons. The molecule has 3 aromatic rings. The maximum Gasteiger partial charge on any atom is 0.264 e. The van der Waals surface area contributed by atoms with Crippen LogP contribution in [0.2, 0.25) is 0 Å². The molecule has 0 heterocycles. The predicted molar refractivity (Wildman–Crippen MR) is 139 cm³/mol. The minimum atomic E-state index is -3.91. The zero-order valence-corrected chi connectivity index (χ0v) is 21.1. The number of nitrogens with one attached hydrogen (secondary N) is 1. The summed E-state index contributed by atoms with van der Waals surface area (Å²) in [6, 6.07) is 23.2. The topological polar surface area (TPSA) is 75.7 Å². The number of nitrogens with zero attached hydrogens (tertiary/aromatic N) is 1. The fourth-order valence-corrected chi connectivity index (χ4v) is 5.61. The highest BCUT2D eigenvalue weighted by Crippen LogP contribution is 2.25. The number of aryl methyl sites for hydroxylation is 1. The molecule has 0 saturated carbocycles. The van der Waals surface area contributed by atoms with E-state index in [0.29, 0.717) is 18.0 Å². The summed E-state index contributed by atoms with van der Waals surface area (Å²) in [4.78, 5) is 12.8. The average Bonchev–Trinajstić information content (AvgIpc) is 2.86. The van der Waals surface area contributed by atoms with E-state index in [9.17, 15) is 13.2 Å². The van der Waals surface area contributed by atoms with E-state index < -0.39 is 10.0 Å². The Morgan fingerprint density at radius 2 is 1.65 bits per heavy atom. The molecule has 34 heavy (non-hydrogen) atoms. The van der Waals surface area contributed by atoms with Gasteiger partial charge in [-0.2, -0.15) is 11.8 Å². The van der Waals surface area contributed by atoms with Crippen molar-refractivity contribution < 1.29 is 17.9 Å². The third-order valence-electron chi connectivity index (χ3n) is 5.16. The fourth-order valence-electron chi connectivity index (χ4n) is 3.25. The van der Waals surface area contributed by atoms with Crippen molar-refractivity contribution in [3.8, 4) is 5.75 Å². The average molecular weight is 499 g/mol. The molecular weight excluding hydrogens is 468 g/mol. The lowest BCUT2D eigenvalue weighted by atomic mass is 10.2. The highest BCUT2D eigenvalue weighted by atomic mass is 32.2. The van der Waals surface area contributed by atoms with Crippen LogP contribution in [-0.2, 0) is 20.6 Å². The summed E-state index contributed by atoms with van der Waals surface area (Å²) < 4.78 is 32.9. The molecule has 0 fully saturated rings. The number of sulfonamides is 1. The number of ether oxygens (including phenoxy) is 1. The summed E-state index contributed by atoms with van der Waals surface area (Å²) >= 11 is 1.81. The summed E-state index contributed by atoms with van der Waals surface area (Å²) in [7, 11) is -2.37. The fraction of sp³-hybridized carbons (Fsp3) is 0.269. The number of benzene rings is 3. The smallest absolute Gasteiger partial charge is 0.264 e. The van der Waals surface area contributed by atoms with Gasteiger partial charge in [0.25, 0.3) is 10.0 Å².